The van der Waals surface area contributed by atoms with E-state index in [4.69, 9.17) is 16.6 Å². The van der Waals surface area contributed by atoms with Crippen molar-refractivity contribution in [2.45, 2.75) is 50.6 Å². The number of aliphatic hydroxyl groups excluding tert-OH is 1. The van der Waals surface area contributed by atoms with Crippen LogP contribution in [0.1, 0.15) is 49.3 Å². The van der Waals surface area contributed by atoms with Crippen molar-refractivity contribution in [3.05, 3.63) is 40.7 Å². The standard InChI is InChI=1S/C23H31ClN6O/c24-21-25-22(29-14-12-28(13-15-29)18-7-2-1-3-8-18)27-23(26-21)30-11-10-17-6-4-5-9-19(17)20(30)16-31/h4-6,9,18,20,31H,1-3,7-8,10-16H2. The van der Waals surface area contributed by atoms with Crippen molar-refractivity contribution >= 4 is 23.5 Å². The maximum atomic E-state index is 10.1. The smallest absolute Gasteiger partial charge is 0.232 e. The van der Waals surface area contributed by atoms with Crippen LogP contribution in [0.3, 0.4) is 0 Å². The molecule has 0 bridgehead atoms. The molecular formula is C23H31ClN6O. The Balaban J connectivity index is 1.33. The third kappa shape index (κ3) is 4.36. The monoisotopic (exact) mass is 442 g/mol. The number of fused-ring (bicyclic) bond motifs is 1. The molecule has 3 aliphatic rings. The number of hydrogen-bond donors (Lipinski definition) is 1. The van der Waals surface area contributed by atoms with Gasteiger partial charge < -0.3 is 14.9 Å². The van der Waals surface area contributed by atoms with Gasteiger partial charge in [-0.1, -0.05) is 43.5 Å². The van der Waals surface area contributed by atoms with E-state index in [2.05, 4.69) is 36.8 Å². The van der Waals surface area contributed by atoms with Crippen LogP contribution >= 0.6 is 11.6 Å². The van der Waals surface area contributed by atoms with Gasteiger partial charge in [-0.2, -0.15) is 15.0 Å². The second kappa shape index (κ2) is 9.27. The average Bonchev–Trinajstić information content (AvgIpc) is 2.83. The summed E-state index contributed by atoms with van der Waals surface area (Å²) in [5.41, 5.74) is 2.41. The van der Waals surface area contributed by atoms with Crippen LogP contribution in [0.15, 0.2) is 24.3 Å². The van der Waals surface area contributed by atoms with E-state index in [9.17, 15) is 5.11 Å². The van der Waals surface area contributed by atoms with E-state index in [0.29, 0.717) is 11.9 Å². The van der Waals surface area contributed by atoms with Gasteiger partial charge in [-0.25, -0.2) is 0 Å². The first-order valence-electron chi connectivity index (χ1n) is 11.6. The molecule has 1 saturated heterocycles. The number of halogens is 1. The minimum Gasteiger partial charge on any atom is -0.394 e. The molecular weight excluding hydrogens is 412 g/mol. The second-order valence-corrected chi connectivity index (χ2v) is 9.20. The van der Waals surface area contributed by atoms with Gasteiger partial charge in [-0.15, -0.1) is 0 Å². The van der Waals surface area contributed by atoms with Gasteiger partial charge in [0.05, 0.1) is 12.6 Å². The minimum atomic E-state index is -0.167. The van der Waals surface area contributed by atoms with Crippen LogP contribution in [0.5, 0.6) is 0 Å². The molecule has 0 spiro atoms. The van der Waals surface area contributed by atoms with Gasteiger partial charge in [0.15, 0.2) is 0 Å². The van der Waals surface area contributed by atoms with Gasteiger partial charge in [0.1, 0.15) is 0 Å². The normalized spacial score (nSPS) is 23.1. The Kier molecular flexibility index (Phi) is 6.25. The molecule has 7 nitrogen and oxygen atoms in total. The van der Waals surface area contributed by atoms with Gasteiger partial charge in [0.25, 0.3) is 0 Å². The van der Waals surface area contributed by atoms with Crippen molar-refractivity contribution in [2.24, 2.45) is 0 Å². The molecule has 1 atom stereocenters. The molecule has 1 aromatic heterocycles. The van der Waals surface area contributed by atoms with Crippen molar-refractivity contribution in [3.8, 4) is 0 Å². The fourth-order valence-corrected chi connectivity index (χ4v) is 5.57. The Hall–Kier alpha value is -1.96. The van der Waals surface area contributed by atoms with Crippen molar-refractivity contribution in [1.82, 2.24) is 19.9 Å². The molecule has 2 aliphatic heterocycles. The fourth-order valence-electron chi connectivity index (χ4n) is 5.42. The van der Waals surface area contributed by atoms with Crippen molar-refractivity contribution in [3.63, 3.8) is 0 Å². The van der Waals surface area contributed by atoms with Crippen molar-refractivity contribution in [2.75, 3.05) is 49.1 Å². The summed E-state index contributed by atoms with van der Waals surface area (Å²) in [4.78, 5) is 20.6. The quantitative estimate of drug-likeness (QED) is 0.780. The molecule has 1 aromatic carbocycles. The van der Waals surface area contributed by atoms with Gasteiger partial charge in [0.2, 0.25) is 17.2 Å². The highest BCUT2D eigenvalue weighted by Crippen LogP contribution is 2.33. The van der Waals surface area contributed by atoms with E-state index < -0.39 is 0 Å². The van der Waals surface area contributed by atoms with E-state index in [-0.39, 0.29) is 17.9 Å². The highest BCUT2D eigenvalue weighted by molar-refractivity contribution is 6.28. The van der Waals surface area contributed by atoms with Crippen LogP contribution in [0.4, 0.5) is 11.9 Å². The molecule has 5 rings (SSSR count). The third-order valence-electron chi connectivity index (χ3n) is 7.11. The zero-order valence-electron chi connectivity index (χ0n) is 18.0. The Bertz CT molecular complexity index is 897. The zero-order chi connectivity index (χ0) is 21.2. The molecule has 166 valence electrons. The Morgan fingerprint density at radius 1 is 0.903 bits per heavy atom. The topological polar surface area (TPSA) is 68.6 Å². The first kappa shape index (κ1) is 20.9. The third-order valence-corrected chi connectivity index (χ3v) is 7.28. The molecule has 0 amide bonds. The molecule has 1 unspecified atom stereocenters. The second-order valence-electron chi connectivity index (χ2n) is 8.86. The predicted octanol–water partition coefficient (Wildman–Crippen LogP) is 3.08. The van der Waals surface area contributed by atoms with E-state index in [0.717, 1.165) is 50.7 Å². The van der Waals surface area contributed by atoms with Crippen molar-refractivity contribution < 1.29 is 5.11 Å². The summed E-state index contributed by atoms with van der Waals surface area (Å²) in [5.74, 6) is 1.20. The van der Waals surface area contributed by atoms with E-state index in [1.165, 1.54) is 37.7 Å². The van der Waals surface area contributed by atoms with Crippen LogP contribution in [-0.2, 0) is 6.42 Å². The SMILES string of the molecule is OCC1c2ccccc2CCN1c1nc(Cl)nc(N2CCN(C3CCCCC3)CC2)n1. The predicted molar refractivity (Wildman–Crippen MR) is 123 cm³/mol. The maximum absolute atomic E-state index is 10.1. The van der Waals surface area contributed by atoms with Gasteiger partial charge in [-0.3, -0.25) is 4.90 Å². The largest absolute Gasteiger partial charge is 0.394 e. The summed E-state index contributed by atoms with van der Waals surface area (Å²) in [5, 5.41) is 10.4. The molecule has 31 heavy (non-hydrogen) atoms. The summed E-state index contributed by atoms with van der Waals surface area (Å²) >= 11 is 6.34. The average molecular weight is 443 g/mol. The lowest BCUT2D eigenvalue weighted by atomic mass is 9.93. The van der Waals surface area contributed by atoms with E-state index in [1.807, 2.05) is 12.1 Å². The number of aromatic nitrogens is 3. The van der Waals surface area contributed by atoms with Crippen LogP contribution < -0.4 is 9.80 Å². The molecule has 3 heterocycles. The zero-order valence-corrected chi connectivity index (χ0v) is 18.7. The van der Waals surface area contributed by atoms with Crippen LogP contribution in [0, 0.1) is 0 Å². The van der Waals surface area contributed by atoms with Gasteiger partial charge >= 0.3 is 0 Å². The lowest BCUT2D eigenvalue weighted by molar-refractivity contribution is 0.147. The van der Waals surface area contributed by atoms with Crippen LogP contribution in [0.25, 0.3) is 0 Å². The van der Waals surface area contributed by atoms with E-state index >= 15 is 0 Å². The van der Waals surface area contributed by atoms with Crippen LogP contribution in [0.2, 0.25) is 5.28 Å². The summed E-state index contributed by atoms with van der Waals surface area (Å²) in [6.07, 6.45) is 7.68. The molecule has 1 saturated carbocycles. The minimum absolute atomic E-state index is 0.00963. The molecule has 0 radical (unpaired) electrons. The number of benzene rings is 1. The highest BCUT2D eigenvalue weighted by atomic mass is 35.5. The first-order valence-corrected chi connectivity index (χ1v) is 12.0. The number of hydrogen-bond acceptors (Lipinski definition) is 7. The number of rotatable bonds is 4. The summed E-state index contributed by atoms with van der Waals surface area (Å²) < 4.78 is 0. The summed E-state index contributed by atoms with van der Waals surface area (Å²) in [7, 11) is 0. The Labute approximate surface area is 189 Å². The first-order chi connectivity index (χ1) is 15.2. The maximum Gasteiger partial charge on any atom is 0.232 e. The van der Waals surface area contributed by atoms with Crippen molar-refractivity contribution in [1.29, 1.82) is 0 Å². The summed E-state index contributed by atoms with van der Waals surface area (Å²) in [6, 6.07) is 8.85. The summed E-state index contributed by atoms with van der Waals surface area (Å²) in [6.45, 7) is 4.65. The molecule has 2 fully saturated rings. The number of anilines is 2. The highest BCUT2D eigenvalue weighted by Gasteiger charge is 2.31. The lowest BCUT2D eigenvalue weighted by Crippen LogP contribution is -2.51. The molecule has 2 aromatic rings. The number of nitrogens with zero attached hydrogens (tertiary/aromatic N) is 6. The molecule has 1 aliphatic carbocycles. The Morgan fingerprint density at radius 3 is 2.42 bits per heavy atom. The van der Waals surface area contributed by atoms with Gasteiger partial charge in [0, 0.05) is 38.8 Å². The van der Waals surface area contributed by atoms with E-state index in [1.54, 1.807) is 0 Å². The van der Waals surface area contributed by atoms with Crippen LogP contribution in [-0.4, -0.2) is 70.3 Å². The number of piperazine rings is 1. The number of aliphatic hydroxyl groups is 1. The lowest BCUT2D eigenvalue weighted by Gasteiger charge is -2.41. The Morgan fingerprint density at radius 2 is 1.65 bits per heavy atom. The van der Waals surface area contributed by atoms with Gasteiger partial charge in [-0.05, 0) is 42.0 Å². The molecule has 8 heteroatoms. The molecule has 1 N–H and O–H groups in total. The fraction of sp³-hybridized carbons (Fsp3) is 0.609.